The van der Waals surface area contributed by atoms with Crippen molar-refractivity contribution < 1.29 is 14.1 Å². The highest BCUT2D eigenvalue weighted by molar-refractivity contribution is 7.14. The van der Waals surface area contributed by atoms with Gasteiger partial charge in [-0.3, -0.25) is 10.6 Å². The van der Waals surface area contributed by atoms with E-state index in [-0.39, 0.29) is 22.2 Å². The first kappa shape index (κ1) is 16.4. The Bertz CT molecular complexity index is 897. The van der Waals surface area contributed by atoms with Crippen molar-refractivity contribution in [1.29, 1.82) is 5.41 Å². The van der Waals surface area contributed by atoms with Gasteiger partial charge in [-0.05, 0) is 18.2 Å². The van der Waals surface area contributed by atoms with E-state index in [4.69, 9.17) is 21.5 Å². The number of benzene rings is 1. The number of hydroxylamine groups is 1. The minimum Gasteiger partial charge on any atom is -0.365 e. The van der Waals surface area contributed by atoms with Crippen LogP contribution >= 0.6 is 22.9 Å². The maximum absolute atomic E-state index is 13.2. The normalized spacial score (nSPS) is 10.7. The molecule has 0 spiro atoms. The van der Waals surface area contributed by atoms with Crippen molar-refractivity contribution >= 4 is 39.6 Å². The molecule has 24 heavy (non-hydrogen) atoms. The number of nitrogens with zero attached hydrogens (tertiary/aromatic N) is 3. The molecule has 0 unspecified atom stereocenters. The van der Waals surface area contributed by atoms with Gasteiger partial charge in [0.15, 0.2) is 22.4 Å². The summed E-state index contributed by atoms with van der Waals surface area (Å²) in [5, 5.41) is 27.6. The van der Waals surface area contributed by atoms with Gasteiger partial charge in [0.05, 0.1) is 10.7 Å². The summed E-state index contributed by atoms with van der Waals surface area (Å²) >= 11 is 7.07. The lowest BCUT2D eigenvalue weighted by Gasteiger charge is -2.16. The zero-order valence-electron chi connectivity index (χ0n) is 12.2. The van der Waals surface area contributed by atoms with Crippen LogP contribution in [0.3, 0.4) is 0 Å². The highest BCUT2D eigenvalue weighted by Gasteiger charge is 2.19. The molecule has 2 heterocycles. The van der Waals surface area contributed by atoms with Gasteiger partial charge >= 0.3 is 0 Å². The summed E-state index contributed by atoms with van der Waals surface area (Å²) in [7, 11) is 1.75. The van der Waals surface area contributed by atoms with Gasteiger partial charge in [0.2, 0.25) is 0 Å². The highest BCUT2D eigenvalue weighted by atomic mass is 35.5. The summed E-state index contributed by atoms with van der Waals surface area (Å²) in [4.78, 5) is 4.26. The number of hydrogen-bond donors (Lipinski definition) is 3. The Hall–Kier alpha value is -2.49. The number of aromatic nitrogens is 2. The van der Waals surface area contributed by atoms with E-state index < -0.39 is 5.82 Å². The van der Waals surface area contributed by atoms with Crippen LogP contribution in [0, 0.1) is 11.2 Å². The third-order valence-electron chi connectivity index (χ3n) is 3.08. The summed E-state index contributed by atoms with van der Waals surface area (Å²) in [6.07, 6.45) is 0. The van der Waals surface area contributed by atoms with Crippen molar-refractivity contribution in [2.24, 2.45) is 0 Å². The van der Waals surface area contributed by atoms with Crippen LogP contribution in [0.4, 0.5) is 15.2 Å². The molecule has 0 amide bonds. The van der Waals surface area contributed by atoms with E-state index in [2.05, 4.69) is 15.5 Å². The SMILES string of the molecule is CNc1nc(-c2cc(C(=N)N(O)c3ccc(F)c(Cl)c3)no2)cs1. The molecular weight excluding hydrogens is 357 g/mol. The van der Waals surface area contributed by atoms with Crippen LogP contribution in [0.15, 0.2) is 34.2 Å². The molecule has 0 radical (unpaired) electrons. The van der Waals surface area contributed by atoms with Crippen molar-refractivity contribution in [3.8, 4) is 11.5 Å². The molecule has 0 aliphatic carbocycles. The Morgan fingerprint density at radius 3 is 2.92 bits per heavy atom. The highest BCUT2D eigenvalue weighted by Crippen LogP contribution is 2.27. The molecule has 0 saturated carbocycles. The standard InChI is InChI=1S/C14H11ClFN5O2S/c1-18-14-19-11(6-24-14)12-5-10(20-23-12)13(17)21(22)7-2-3-9(16)8(15)4-7/h2-6,17,22H,1H3,(H,18,19). The van der Waals surface area contributed by atoms with E-state index in [1.807, 2.05) is 0 Å². The lowest BCUT2D eigenvalue weighted by atomic mass is 10.2. The topological polar surface area (TPSA) is 98.3 Å². The molecule has 1 aromatic carbocycles. The number of rotatable bonds is 4. The summed E-state index contributed by atoms with van der Waals surface area (Å²) in [6.45, 7) is 0. The average molecular weight is 368 g/mol. The van der Waals surface area contributed by atoms with Crippen LogP contribution in [0.5, 0.6) is 0 Å². The Morgan fingerprint density at radius 1 is 1.46 bits per heavy atom. The molecule has 0 saturated heterocycles. The number of halogens is 2. The fraction of sp³-hybridized carbons (Fsp3) is 0.0714. The van der Waals surface area contributed by atoms with Crippen LogP contribution in [-0.2, 0) is 0 Å². The smallest absolute Gasteiger partial charge is 0.186 e. The quantitative estimate of drug-likeness (QED) is 0.368. The van der Waals surface area contributed by atoms with E-state index in [0.717, 1.165) is 6.07 Å². The summed E-state index contributed by atoms with van der Waals surface area (Å²) < 4.78 is 18.3. The van der Waals surface area contributed by atoms with E-state index in [9.17, 15) is 9.60 Å². The fourth-order valence-corrected chi connectivity index (χ4v) is 2.70. The summed E-state index contributed by atoms with van der Waals surface area (Å²) in [6, 6.07) is 5.06. The number of anilines is 2. The molecule has 10 heteroatoms. The van der Waals surface area contributed by atoms with E-state index in [1.54, 1.807) is 12.4 Å². The lowest BCUT2D eigenvalue weighted by Crippen LogP contribution is -2.27. The minimum atomic E-state index is -0.618. The van der Waals surface area contributed by atoms with Crippen molar-refractivity contribution in [1.82, 2.24) is 10.1 Å². The molecular formula is C14H11ClFN5O2S. The Balaban J connectivity index is 1.83. The Morgan fingerprint density at radius 2 is 2.25 bits per heavy atom. The monoisotopic (exact) mass is 367 g/mol. The molecule has 0 atom stereocenters. The molecule has 3 N–H and O–H groups in total. The van der Waals surface area contributed by atoms with Gasteiger partial charge in [-0.25, -0.2) is 14.4 Å². The number of thiazole rings is 1. The average Bonchev–Trinajstić information content (AvgIpc) is 3.24. The van der Waals surface area contributed by atoms with Crippen molar-refractivity contribution in [3.63, 3.8) is 0 Å². The first-order valence-corrected chi connectivity index (χ1v) is 7.88. The van der Waals surface area contributed by atoms with Crippen LogP contribution in [0.2, 0.25) is 5.02 Å². The second kappa shape index (κ2) is 6.56. The van der Waals surface area contributed by atoms with Crippen LogP contribution in [0.25, 0.3) is 11.5 Å². The number of nitrogens with one attached hydrogen (secondary N) is 2. The Labute approximate surface area is 144 Å². The zero-order valence-corrected chi connectivity index (χ0v) is 13.8. The largest absolute Gasteiger partial charge is 0.365 e. The number of hydrogen-bond acceptors (Lipinski definition) is 7. The van der Waals surface area contributed by atoms with Crippen molar-refractivity contribution in [2.75, 3.05) is 17.4 Å². The molecule has 7 nitrogen and oxygen atoms in total. The van der Waals surface area contributed by atoms with E-state index >= 15 is 0 Å². The number of amidine groups is 1. The van der Waals surface area contributed by atoms with Gasteiger partial charge in [0, 0.05) is 18.5 Å². The predicted octanol–water partition coefficient (Wildman–Crippen LogP) is 3.85. The molecule has 2 aromatic heterocycles. The minimum absolute atomic E-state index is 0.0898. The van der Waals surface area contributed by atoms with Gasteiger partial charge < -0.3 is 9.84 Å². The summed E-state index contributed by atoms with van der Waals surface area (Å²) in [5.74, 6) is -0.609. The summed E-state index contributed by atoms with van der Waals surface area (Å²) in [5.41, 5.74) is 0.777. The van der Waals surface area contributed by atoms with Gasteiger partial charge in [0.1, 0.15) is 11.5 Å². The third-order valence-corrected chi connectivity index (χ3v) is 4.23. The predicted molar refractivity (Wildman–Crippen MR) is 89.7 cm³/mol. The van der Waals surface area contributed by atoms with Gasteiger partial charge in [-0.15, -0.1) is 11.3 Å². The molecule has 0 aliphatic heterocycles. The van der Waals surface area contributed by atoms with Crippen molar-refractivity contribution in [3.05, 3.63) is 46.2 Å². The van der Waals surface area contributed by atoms with Gasteiger partial charge in [-0.1, -0.05) is 16.8 Å². The zero-order chi connectivity index (χ0) is 17.3. The van der Waals surface area contributed by atoms with Gasteiger partial charge in [0.25, 0.3) is 0 Å². The fourth-order valence-electron chi connectivity index (χ4n) is 1.86. The molecule has 0 bridgehead atoms. The lowest BCUT2D eigenvalue weighted by molar-refractivity contribution is 0.310. The first-order valence-electron chi connectivity index (χ1n) is 6.63. The van der Waals surface area contributed by atoms with E-state index in [0.29, 0.717) is 21.6 Å². The molecule has 3 aromatic rings. The molecule has 0 aliphatic rings. The maximum atomic E-state index is 13.2. The third kappa shape index (κ3) is 3.09. The second-order valence-electron chi connectivity index (χ2n) is 4.62. The Kier molecular flexibility index (Phi) is 4.47. The molecule has 3 rings (SSSR count). The van der Waals surface area contributed by atoms with Crippen LogP contribution in [0.1, 0.15) is 5.69 Å². The van der Waals surface area contributed by atoms with E-state index in [1.165, 1.54) is 29.5 Å². The first-order chi connectivity index (χ1) is 11.5. The van der Waals surface area contributed by atoms with Gasteiger partial charge in [-0.2, -0.15) is 0 Å². The second-order valence-corrected chi connectivity index (χ2v) is 5.89. The van der Waals surface area contributed by atoms with Crippen molar-refractivity contribution in [2.45, 2.75) is 0 Å². The van der Waals surface area contributed by atoms with Crippen LogP contribution < -0.4 is 10.4 Å². The van der Waals surface area contributed by atoms with Crippen LogP contribution in [-0.4, -0.2) is 28.2 Å². The molecule has 0 fully saturated rings. The maximum Gasteiger partial charge on any atom is 0.186 e. The molecule has 124 valence electrons.